The van der Waals surface area contributed by atoms with Gasteiger partial charge < -0.3 is 39.9 Å². The number of ether oxygens (including phenoxy) is 2. The first-order chi connectivity index (χ1) is 28.9. The van der Waals surface area contributed by atoms with Crippen molar-refractivity contribution in [3.63, 3.8) is 0 Å². The molecule has 8 rings (SSSR count). The van der Waals surface area contributed by atoms with Crippen LogP contribution in [0.25, 0.3) is 44.5 Å². The van der Waals surface area contributed by atoms with Crippen LogP contribution in [0.1, 0.15) is 83.5 Å². The summed E-state index contributed by atoms with van der Waals surface area (Å²) in [6, 6.07) is 21.4. The molecular formula is C46H54N8O6. The second-order valence-corrected chi connectivity index (χ2v) is 17.0. The first-order valence-corrected chi connectivity index (χ1v) is 21.0. The van der Waals surface area contributed by atoms with Crippen molar-refractivity contribution in [2.24, 2.45) is 17.8 Å². The van der Waals surface area contributed by atoms with Crippen LogP contribution in [0, 0.1) is 17.8 Å². The second kappa shape index (κ2) is 16.8. The predicted molar refractivity (Wildman–Crippen MR) is 227 cm³/mol. The Hall–Kier alpha value is -6.18. The van der Waals surface area contributed by atoms with Crippen molar-refractivity contribution in [2.45, 2.75) is 90.0 Å². The van der Waals surface area contributed by atoms with Crippen molar-refractivity contribution >= 4 is 35.0 Å². The van der Waals surface area contributed by atoms with Crippen LogP contribution < -0.4 is 10.6 Å². The number of rotatable bonds is 11. The normalized spacial score (nSPS) is 20.8. The summed E-state index contributed by atoms with van der Waals surface area (Å²) in [6.07, 6.45) is 5.18. The third-order valence-corrected chi connectivity index (χ3v) is 12.6. The Bertz CT molecular complexity index is 2370. The third kappa shape index (κ3) is 7.82. The Labute approximate surface area is 349 Å². The van der Waals surface area contributed by atoms with Gasteiger partial charge in [-0.05, 0) is 89.8 Å². The number of carbonyl (C=O) groups is 4. The van der Waals surface area contributed by atoms with Gasteiger partial charge in [0.25, 0.3) is 0 Å². The molecule has 3 aromatic carbocycles. The van der Waals surface area contributed by atoms with Crippen LogP contribution in [-0.2, 0) is 19.1 Å². The number of imidazole rings is 2. The zero-order valence-corrected chi connectivity index (χ0v) is 35.0. The molecule has 0 radical (unpaired) electrons. The van der Waals surface area contributed by atoms with E-state index in [0.29, 0.717) is 12.5 Å². The molecule has 5 aromatic rings. The molecule has 2 saturated heterocycles. The van der Waals surface area contributed by atoms with E-state index in [-0.39, 0.29) is 41.8 Å². The van der Waals surface area contributed by atoms with Crippen molar-refractivity contribution in [3.05, 3.63) is 84.6 Å². The second-order valence-electron chi connectivity index (χ2n) is 17.0. The molecule has 1 saturated carbocycles. The van der Waals surface area contributed by atoms with Gasteiger partial charge >= 0.3 is 12.2 Å². The monoisotopic (exact) mass is 814 g/mol. The van der Waals surface area contributed by atoms with Crippen LogP contribution in [-0.4, -0.2) is 92.6 Å². The number of methoxy groups -OCH3 is 2. The molecule has 0 spiro atoms. The average Bonchev–Trinajstić information content (AvgIpc) is 4.12. The number of alkyl carbamates (subject to hydrolysis) is 2. The molecule has 6 atom stereocenters. The minimum atomic E-state index is -0.689. The molecule has 2 aromatic heterocycles. The van der Waals surface area contributed by atoms with Crippen molar-refractivity contribution in [1.82, 2.24) is 40.4 Å². The van der Waals surface area contributed by atoms with Gasteiger partial charge in [-0.3, -0.25) is 9.59 Å². The summed E-state index contributed by atoms with van der Waals surface area (Å²) in [5, 5.41) is 5.47. The fraction of sp³-hybridized carbons (Fsp3) is 0.435. The highest BCUT2D eigenvalue weighted by atomic mass is 16.5. The molecule has 314 valence electrons. The molecule has 2 unspecified atom stereocenters. The minimum absolute atomic E-state index is 0.0919. The van der Waals surface area contributed by atoms with E-state index >= 15 is 0 Å². The summed E-state index contributed by atoms with van der Waals surface area (Å²) in [7, 11) is 2.60. The number of nitrogens with one attached hydrogen (secondary N) is 4. The Balaban J connectivity index is 0.947. The van der Waals surface area contributed by atoms with Gasteiger partial charge in [0.15, 0.2) is 0 Å². The van der Waals surface area contributed by atoms with Crippen molar-refractivity contribution in [3.8, 4) is 33.5 Å². The number of benzene rings is 3. The van der Waals surface area contributed by atoms with Crippen LogP contribution in [0.5, 0.6) is 0 Å². The van der Waals surface area contributed by atoms with Crippen LogP contribution >= 0.6 is 0 Å². The van der Waals surface area contributed by atoms with Gasteiger partial charge in [-0.15, -0.1) is 0 Å². The summed E-state index contributed by atoms with van der Waals surface area (Å²) in [5.74, 6) is 1.40. The molecule has 2 bridgehead atoms. The quantitative estimate of drug-likeness (QED) is 0.105. The van der Waals surface area contributed by atoms with Gasteiger partial charge in [-0.2, -0.15) is 0 Å². The number of carbonyl (C=O) groups excluding carboxylic acids is 4. The number of nitrogens with zero attached hydrogens (tertiary/aromatic N) is 4. The predicted octanol–water partition coefficient (Wildman–Crippen LogP) is 7.76. The maximum absolute atomic E-state index is 13.9. The lowest BCUT2D eigenvalue weighted by Crippen LogP contribution is -2.54. The number of H-pyrrole nitrogens is 2. The zero-order chi connectivity index (χ0) is 42.2. The number of aromatic nitrogens is 4. The van der Waals surface area contributed by atoms with E-state index in [1.807, 2.05) is 49.8 Å². The molecule has 2 aliphatic heterocycles. The van der Waals surface area contributed by atoms with Crippen LogP contribution in [0.2, 0.25) is 0 Å². The Kier molecular flexibility index (Phi) is 11.4. The first-order valence-electron chi connectivity index (χ1n) is 21.0. The van der Waals surface area contributed by atoms with Crippen LogP contribution in [0.15, 0.2) is 72.9 Å². The average molecular weight is 815 g/mol. The highest BCUT2D eigenvalue weighted by Gasteiger charge is 2.51. The summed E-state index contributed by atoms with van der Waals surface area (Å²) >= 11 is 0. The van der Waals surface area contributed by atoms with Crippen molar-refractivity contribution < 1.29 is 28.7 Å². The number of piperidine rings is 1. The number of aromatic amines is 2. The lowest BCUT2D eigenvalue weighted by molar-refractivity contribution is -0.139. The number of fused-ring (bicyclic) bond motifs is 3. The van der Waals surface area contributed by atoms with Gasteiger partial charge in [-0.1, -0.05) is 82.3 Å². The van der Waals surface area contributed by atoms with E-state index in [2.05, 4.69) is 81.3 Å². The van der Waals surface area contributed by atoms with Gasteiger partial charge in [0, 0.05) is 12.6 Å². The van der Waals surface area contributed by atoms with E-state index < -0.39 is 24.3 Å². The highest BCUT2D eigenvalue weighted by molar-refractivity contribution is 5.88. The highest BCUT2D eigenvalue weighted by Crippen LogP contribution is 2.50. The number of likely N-dealkylation sites (tertiary alicyclic amines) is 2. The van der Waals surface area contributed by atoms with E-state index in [9.17, 15) is 19.2 Å². The molecule has 4 heterocycles. The Morgan fingerprint density at radius 2 is 1.30 bits per heavy atom. The van der Waals surface area contributed by atoms with Crippen LogP contribution in [0.4, 0.5) is 9.59 Å². The molecule has 14 heteroatoms. The SMILES string of the molecule is COC(=O)N[C@H](C(=O)N1CCCC1c1nc2ccc(-c3ccc(-c4ccc(-c5cnc(C6[C@H]7CC[C@H](C7)N6C(=O)[C@@H](NC(=O)OC)C(C)C)[nH]5)cc4)cc3)cc2[nH]1)C(C)C. The number of hydrogen-bond acceptors (Lipinski definition) is 8. The van der Waals surface area contributed by atoms with Gasteiger partial charge in [0.2, 0.25) is 11.8 Å². The zero-order valence-electron chi connectivity index (χ0n) is 35.0. The Morgan fingerprint density at radius 3 is 1.92 bits per heavy atom. The van der Waals surface area contributed by atoms with Gasteiger partial charge in [0.1, 0.15) is 23.7 Å². The molecule has 3 aliphatic rings. The lowest BCUT2D eigenvalue weighted by Gasteiger charge is -2.37. The van der Waals surface area contributed by atoms with E-state index in [4.69, 9.17) is 19.4 Å². The standard InChI is InChI=1S/C46H54N8O6/c1-25(2)38(51-45(57)59-5)43(55)53-21-7-8-37(53)41-48-34-20-18-31(23-35(34)49-41)29-11-9-27(10-12-29)28-13-15-30(16-14-28)36-24-47-42(50-36)40-32-17-19-33(22-32)54(40)44(56)39(26(3)4)52-46(58)60-6/h9-16,18,20,23-26,32-33,37-40H,7-8,17,19,21-22H2,1-6H3,(H,47,50)(H,48,49)(H,51,57)(H,52,58)/t32-,33+,37?,38-,39-,40?/m0/s1. The minimum Gasteiger partial charge on any atom is -0.453 e. The maximum Gasteiger partial charge on any atom is 0.407 e. The van der Waals surface area contributed by atoms with Crippen molar-refractivity contribution in [2.75, 3.05) is 20.8 Å². The number of amides is 4. The molecule has 4 N–H and O–H groups in total. The third-order valence-electron chi connectivity index (χ3n) is 12.6. The molecule has 1 aliphatic carbocycles. The van der Waals surface area contributed by atoms with Crippen LogP contribution in [0.3, 0.4) is 0 Å². The summed E-state index contributed by atoms with van der Waals surface area (Å²) < 4.78 is 9.60. The molecule has 4 amide bonds. The first kappa shape index (κ1) is 40.6. The van der Waals surface area contributed by atoms with E-state index in [1.54, 1.807) is 0 Å². The summed E-state index contributed by atoms with van der Waals surface area (Å²) in [4.78, 5) is 72.2. The summed E-state index contributed by atoms with van der Waals surface area (Å²) in [5.41, 5.74) is 7.89. The lowest BCUT2D eigenvalue weighted by atomic mass is 9.95. The molecule has 60 heavy (non-hydrogen) atoms. The fourth-order valence-electron chi connectivity index (χ4n) is 9.41. The van der Waals surface area contributed by atoms with E-state index in [0.717, 1.165) is 88.3 Å². The topological polar surface area (TPSA) is 175 Å². The number of hydrogen-bond donors (Lipinski definition) is 4. The fourth-order valence-corrected chi connectivity index (χ4v) is 9.41. The molecule has 14 nitrogen and oxygen atoms in total. The smallest absolute Gasteiger partial charge is 0.407 e. The molecule has 3 fully saturated rings. The van der Waals surface area contributed by atoms with Gasteiger partial charge in [-0.25, -0.2) is 19.6 Å². The molecular weight excluding hydrogens is 761 g/mol. The maximum atomic E-state index is 13.9. The Morgan fingerprint density at radius 1 is 0.717 bits per heavy atom. The van der Waals surface area contributed by atoms with Crippen molar-refractivity contribution in [1.29, 1.82) is 0 Å². The van der Waals surface area contributed by atoms with Gasteiger partial charge in [0.05, 0.1) is 49.2 Å². The summed E-state index contributed by atoms with van der Waals surface area (Å²) in [6.45, 7) is 8.27. The van der Waals surface area contributed by atoms with E-state index in [1.165, 1.54) is 14.2 Å². The largest absolute Gasteiger partial charge is 0.453 e.